The lowest BCUT2D eigenvalue weighted by molar-refractivity contribution is 0.582. The standard InChI is InChI=1S/C19H25N7/c1-12-11-26(8-4-7-20-12)19-22-14(3)13(2)18(24-19)23-16-5-6-17-15(9-16)10-21-25-17/h5-6,9-10,12,20H,4,7-8,11H2,1-3H3,(H,21,25)(H,22,23,24). The van der Waals surface area contributed by atoms with Crippen LogP contribution >= 0.6 is 0 Å². The van der Waals surface area contributed by atoms with E-state index in [1.165, 1.54) is 0 Å². The van der Waals surface area contributed by atoms with Gasteiger partial charge in [-0.05, 0) is 51.9 Å². The van der Waals surface area contributed by atoms with Crippen LogP contribution in [0.3, 0.4) is 0 Å². The number of H-pyrrole nitrogens is 1. The van der Waals surface area contributed by atoms with Crippen LogP contribution in [-0.4, -0.2) is 45.8 Å². The van der Waals surface area contributed by atoms with E-state index >= 15 is 0 Å². The average Bonchev–Trinajstić information content (AvgIpc) is 2.98. The average molecular weight is 351 g/mol. The van der Waals surface area contributed by atoms with E-state index < -0.39 is 0 Å². The van der Waals surface area contributed by atoms with Crippen LogP contribution in [0, 0.1) is 13.8 Å². The highest BCUT2D eigenvalue weighted by Gasteiger charge is 2.19. The number of nitrogens with zero attached hydrogens (tertiary/aromatic N) is 4. The minimum Gasteiger partial charge on any atom is -0.340 e. The molecule has 1 fully saturated rings. The summed E-state index contributed by atoms with van der Waals surface area (Å²) in [5, 5.41) is 15.1. The highest BCUT2D eigenvalue weighted by molar-refractivity contribution is 5.82. The molecular formula is C19H25N7. The fourth-order valence-corrected chi connectivity index (χ4v) is 3.32. The van der Waals surface area contributed by atoms with Crippen molar-refractivity contribution in [3.8, 4) is 0 Å². The Bertz CT molecular complexity index is 917. The summed E-state index contributed by atoms with van der Waals surface area (Å²) in [4.78, 5) is 11.9. The van der Waals surface area contributed by atoms with Crippen LogP contribution in [0.1, 0.15) is 24.6 Å². The zero-order valence-electron chi connectivity index (χ0n) is 15.5. The Hall–Kier alpha value is -2.67. The van der Waals surface area contributed by atoms with E-state index in [0.717, 1.165) is 65.7 Å². The number of aromatic amines is 1. The van der Waals surface area contributed by atoms with Gasteiger partial charge >= 0.3 is 0 Å². The first-order chi connectivity index (χ1) is 12.6. The van der Waals surface area contributed by atoms with Crippen LogP contribution < -0.4 is 15.5 Å². The molecule has 0 radical (unpaired) electrons. The number of benzene rings is 1. The molecule has 136 valence electrons. The minimum atomic E-state index is 0.433. The van der Waals surface area contributed by atoms with Crippen molar-refractivity contribution < 1.29 is 0 Å². The van der Waals surface area contributed by atoms with E-state index in [0.29, 0.717) is 6.04 Å². The molecule has 1 saturated heterocycles. The molecule has 2 aromatic heterocycles. The molecule has 1 aliphatic heterocycles. The summed E-state index contributed by atoms with van der Waals surface area (Å²) >= 11 is 0. The number of hydrogen-bond donors (Lipinski definition) is 3. The van der Waals surface area contributed by atoms with Gasteiger partial charge in [0, 0.05) is 41.5 Å². The molecule has 3 N–H and O–H groups in total. The highest BCUT2D eigenvalue weighted by Crippen LogP contribution is 2.25. The molecule has 1 aliphatic rings. The normalized spacial score (nSPS) is 18.1. The van der Waals surface area contributed by atoms with Crippen molar-refractivity contribution in [3.63, 3.8) is 0 Å². The maximum absolute atomic E-state index is 4.85. The Morgan fingerprint density at radius 3 is 3.00 bits per heavy atom. The van der Waals surface area contributed by atoms with Gasteiger partial charge in [0.05, 0.1) is 11.7 Å². The Morgan fingerprint density at radius 2 is 2.12 bits per heavy atom. The lowest BCUT2D eigenvalue weighted by Crippen LogP contribution is -2.36. The van der Waals surface area contributed by atoms with Gasteiger partial charge in [-0.3, -0.25) is 5.10 Å². The summed E-state index contributed by atoms with van der Waals surface area (Å²) in [5.41, 5.74) is 4.10. The van der Waals surface area contributed by atoms with Crippen molar-refractivity contribution in [2.75, 3.05) is 29.9 Å². The van der Waals surface area contributed by atoms with Gasteiger partial charge in [0.15, 0.2) is 0 Å². The molecule has 1 atom stereocenters. The van der Waals surface area contributed by atoms with Crippen LogP contribution in [0.15, 0.2) is 24.4 Å². The number of anilines is 3. The molecule has 3 aromatic rings. The number of fused-ring (bicyclic) bond motifs is 1. The van der Waals surface area contributed by atoms with Gasteiger partial charge in [0.25, 0.3) is 0 Å². The Labute approximate surface area is 153 Å². The van der Waals surface area contributed by atoms with Crippen molar-refractivity contribution >= 4 is 28.4 Å². The zero-order chi connectivity index (χ0) is 18.1. The summed E-state index contributed by atoms with van der Waals surface area (Å²) in [6.07, 6.45) is 2.93. The highest BCUT2D eigenvalue weighted by atomic mass is 15.3. The lowest BCUT2D eigenvalue weighted by atomic mass is 10.2. The summed E-state index contributed by atoms with van der Waals surface area (Å²) in [7, 11) is 0. The molecule has 3 heterocycles. The van der Waals surface area contributed by atoms with Crippen LogP contribution in [0.4, 0.5) is 17.5 Å². The number of hydrogen-bond acceptors (Lipinski definition) is 6. The van der Waals surface area contributed by atoms with Crippen LogP contribution in [0.2, 0.25) is 0 Å². The second-order valence-electron chi connectivity index (χ2n) is 7.03. The smallest absolute Gasteiger partial charge is 0.227 e. The number of aryl methyl sites for hydroxylation is 1. The van der Waals surface area contributed by atoms with Gasteiger partial charge in [-0.25, -0.2) is 4.98 Å². The molecule has 1 unspecified atom stereocenters. The minimum absolute atomic E-state index is 0.433. The third-order valence-electron chi connectivity index (χ3n) is 4.96. The molecule has 1 aromatic carbocycles. The number of aromatic nitrogens is 4. The van der Waals surface area contributed by atoms with Gasteiger partial charge in [0.2, 0.25) is 5.95 Å². The first-order valence-corrected chi connectivity index (χ1v) is 9.14. The molecule has 4 rings (SSSR count). The molecule has 0 spiro atoms. The number of nitrogens with one attached hydrogen (secondary N) is 3. The van der Waals surface area contributed by atoms with Gasteiger partial charge in [-0.2, -0.15) is 10.1 Å². The zero-order valence-corrected chi connectivity index (χ0v) is 15.5. The van der Waals surface area contributed by atoms with E-state index in [4.69, 9.17) is 9.97 Å². The quantitative estimate of drug-likeness (QED) is 0.673. The van der Waals surface area contributed by atoms with Crippen molar-refractivity contribution in [3.05, 3.63) is 35.7 Å². The molecule has 0 amide bonds. The second kappa shape index (κ2) is 6.92. The van der Waals surface area contributed by atoms with Crippen molar-refractivity contribution in [1.29, 1.82) is 0 Å². The summed E-state index contributed by atoms with van der Waals surface area (Å²) < 4.78 is 0. The first-order valence-electron chi connectivity index (χ1n) is 9.14. The van der Waals surface area contributed by atoms with Crippen LogP contribution in [0.5, 0.6) is 0 Å². The van der Waals surface area contributed by atoms with E-state index in [2.05, 4.69) is 45.6 Å². The van der Waals surface area contributed by atoms with E-state index in [1.54, 1.807) is 0 Å². The topological polar surface area (TPSA) is 81.8 Å². The Balaban J connectivity index is 1.65. The molecule has 7 nitrogen and oxygen atoms in total. The van der Waals surface area contributed by atoms with E-state index in [9.17, 15) is 0 Å². The van der Waals surface area contributed by atoms with Crippen LogP contribution in [-0.2, 0) is 0 Å². The van der Waals surface area contributed by atoms with Crippen molar-refractivity contribution in [2.45, 2.75) is 33.2 Å². The van der Waals surface area contributed by atoms with Gasteiger partial charge in [-0.1, -0.05) is 0 Å². The maximum Gasteiger partial charge on any atom is 0.227 e. The van der Waals surface area contributed by atoms with Gasteiger partial charge < -0.3 is 15.5 Å². The predicted molar refractivity (Wildman–Crippen MR) is 105 cm³/mol. The lowest BCUT2D eigenvalue weighted by Gasteiger charge is -2.24. The van der Waals surface area contributed by atoms with Crippen molar-refractivity contribution in [2.24, 2.45) is 0 Å². The van der Waals surface area contributed by atoms with E-state index in [1.807, 2.05) is 25.3 Å². The summed E-state index contributed by atoms with van der Waals surface area (Å²) in [6.45, 7) is 9.25. The first kappa shape index (κ1) is 16.8. The summed E-state index contributed by atoms with van der Waals surface area (Å²) in [5.74, 6) is 1.66. The monoisotopic (exact) mass is 351 g/mol. The summed E-state index contributed by atoms with van der Waals surface area (Å²) in [6, 6.07) is 6.57. The molecule has 26 heavy (non-hydrogen) atoms. The fourth-order valence-electron chi connectivity index (χ4n) is 3.32. The largest absolute Gasteiger partial charge is 0.340 e. The second-order valence-corrected chi connectivity index (χ2v) is 7.03. The van der Waals surface area contributed by atoms with E-state index in [-0.39, 0.29) is 0 Å². The molecular weight excluding hydrogens is 326 g/mol. The predicted octanol–water partition coefficient (Wildman–Crippen LogP) is 2.90. The van der Waals surface area contributed by atoms with Gasteiger partial charge in [0.1, 0.15) is 5.82 Å². The van der Waals surface area contributed by atoms with Crippen molar-refractivity contribution in [1.82, 2.24) is 25.5 Å². The molecule has 0 saturated carbocycles. The Kier molecular flexibility index (Phi) is 4.46. The molecule has 0 bridgehead atoms. The Morgan fingerprint density at radius 1 is 1.23 bits per heavy atom. The fraction of sp³-hybridized carbons (Fsp3) is 0.421. The third-order valence-corrected chi connectivity index (χ3v) is 4.96. The van der Waals surface area contributed by atoms with Gasteiger partial charge in [-0.15, -0.1) is 0 Å². The SMILES string of the molecule is Cc1nc(N2CCCNC(C)C2)nc(Nc2ccc3[nH]ncc3c2)c1C. The number of rotatable bonds is 3. The third kappa shape index (κ3) is 3.35. The van der Waals surface area contributed by atoms with Crippen LogP contribution in [0.25, 0.3) is 10.9 Å². The molecule has 0 aliphatic carbocycles. The molecule has 7 heteroatoms. The maximum atomic E-state index is 4.85.